The monoisotopic (exact) mass is 417 g/mol. The van der Waals surface area contributed by atoms with Gasteiger partial charge in [0.2, 0.25) is 5.91 Å². The lowest BCUT2D eigenvalue weighted by Gasteiger charge is -2.25. The molecule has 0 N–H and O–H groups in total. The van der Waals surface area contributed by atoms with Gasteiger partial charge in [-0.15, -0.1) is 0 Å². The molecule has 0 fully saturated rings. The number of likely N-dealkylation sites (N-methyl/N-ethyl adjacent to an activating group) is 2. The molecule has 1 aliphatic heterocycles. The molecule has 1 aromatic heterocycles. The van der Waals surface area contributed by atoms with E-state index >= 15 is 0 Å². The number of aromatic nitrogens is 2. The van der Waals surface area contributed by atoms with E-state index in [-0.39, 0.29) is 11.8 Å². The smallest absolute Gasteiger partial charge is 0.277 e. The zero-order chi connectivity index (χ0) is 21.0. The van der Waals surface area contributed by atoms with Gasteiger partial charge < -0.3 is 14.5 Å². The second kappa shape index (κ2) is 9.43. The lowest BCUT2D eigenvalue weighted by atomic mass is 10.1. The Morgan fingerprint density at radius 1 is 1.31 bits per heavy atom. The number of rotatable bonds is 8. The molecule has 0 bridgehead atoms. The van der Waals surface area contributed by atoms with E-state index in [2.05, 4.69) is 17.9 Å². The highest BCUT2D eigenvalue weighted by molar-refractivity contribution is 7.78. The van der Waals surface area contributed by atoms with Gasteiger partial charge in [0.25, 0.3) is 5.91 Å². The van der Waals surface area contributed by atoms with Gasteiger partial charge in [-0.25, -0.2) is 4.09 Å². The average Bonchev–Trinajstić information content (AvgIpc) is 3.35. The van der Waals surface area contributed by atoms with Crippen LogP contribution in [0.15, 0.2) is 30.5 Å². The highest BCUT2D eigenvalue weighted by Gasteiger charge is 2.28. The molecule has 0 saturated heterocycles. The van der Waals surface area contributed by atoms with Gasteiger partial charge >= 0.3 is 0 Å². The van der Waals surface area contributed by atoms with E-state index in [9.17, 15) is 9.59 Å². The van der Waals surface area contributed by atoms with Crippen LogP contribution >= 0.6 is 12.8 Å². The van der Waals surface area contributed by atoms with Crippen molar-refractivity contribution in [3.05, 3.63) is 41.7 Å². The van der Waals surface area contributed by atoms with Gasteiger partial charge in [0, 0.05) is 38.6 Å². The Labute approximate surface area is 176 Å². The fourth-order valence-corrected chi connectivity index (χ4v) is 3.60. The van der Waals surface area contributed by atoms with Crippen molar-refractivity contribution < 1.29 is 14.3 Å². The quantitative estimate of drug-likeness (QED) is 0.662. The summed E-state index contributed by atoms with van der Waals surface area (Å²) in [6.07, 6.45) is 2.32. The second-order valence-electron chi connectivity index (χ2n) is 6.94. The van der Waals surface area contributed by atoms with E-state index < -0.39 is 0 Å². The lowest BCUT2D eigenvalue weighted by molar-refractivity contribution is -0.119. The lowest BCUT2D eigenvalue weighted by Crippen LogP contribution is -2.39. The van der Waals surface area contributed by atoms with Gasteiger partial charge in [0.15, 0.2) is 0 Å². The molecule has 0 radical (unpaired) electrons. The number of hydrogen-bond acceptors (Lipinski definition) is 6. The van der Waals surface area contributed by atoms with E-state index in [1.165, 1.54) is 4.09 Å². The fraction of sp³-hybridized carbons (Fsp3) is 0.450. The number of ether oxygens (including phenoxy) is 1. The summed E-state index contributed by atoms with van der Waals surface area (Å²) in [7, 11) is 3.41. The summed E-state index contributed by atoms with van der Waals surface area (Å²) >= 11 is 4.19. The minimum Gasteiger partial charge on any atom is -0.383 e. The normalized spacial score (nSPS) is 13.1. The van der Waals surface area contributed by atoms with Crippen LogP contribution in [-0.4, -0.2) is 72.8 Å². The molecule has 2 aromatic rings. The van der Waals surface area contributed by atoms with Crippen LogP contribution in [0.4, 0.5) is 11.4 Å². The maximum atomic E-state index is 12.9. The Bertz CT molecular complexity index is 885. The van der Waals surface area contributed by atoms with E-state index in [0.29, 0.717) is 31.9 Å². The number of carbonyl (C=O) groups is 2. The summed E-state index contributed by atoms with van der Waals surface area (Å²) in [5.74, 6) is -0.161. The Hall–Kier alpha value is -2.36. The maximum absolute atomic E-state index is 12.9. The molecule has 1 aromatic carbocycles. The number of carbonyl (C=O) groups excluding carboxylic acids is 2. The summed E-state index contributed by atoms with van der Waals surface area (Å²) in [4.78, 5) is 31.1. The van der Waals surface area contributed by atoms with Crippen molar-refractivity contribution in [2.24, 2.45) is 0 Å². The first-order chi connectivity index (χ1) is 14.0. The van der Waals surface area contributed by atoms with Crippen LogP contribution in [0.3, 0.4) is 0 Å². The van der Waals surface area contributed by atoms with Gasteiger partial charge in [-0.3, -0.25) is 14.5 Å². The predicted molar refractivity (Wildman–Crippen MR) is 116 cm³/mol. The molecule has 0 aliphatic carbocycles. The molecule has 9 heteroatoms. The molecule has 8 nitrogen and oxygen atoms in total. The Morgan fingerprint density at radius 2 is 2.10 bits per heavy atom. The molecule has 0 spiro atoms. The molecule has 29 heavy (non-hydrogen) atoms. The fourth-order valence-electron chi connectivity index (χ4n) is 3.39. The SMILES string of the molecule is CCN(CCOC)CC(=O)N(C)c1ccc2c(c1)N(C(=O)c1ccnn1S)CC2. The largest absolute Gasteiger partial charge is 0.383 e. The number of benzene rings is 1. The van der Waals surface area contributed by atoms with Crippen LogP contribution in [0.1, 0.15) is 23.0 Å². The van der Waals surface area contributed by atoms with Gasteiger partial charge in [-0.2, -0.15) is 5.10 Å². The summed E-state index contributed by atoms with van der Waals surface area (Å²) in [5.41, 5.74) is 3.08. The zero-order valence-electron chi connectivity index (χ0n) is 17.0. The number of amides is 2. The van der Waals surface area contributed by atoms with E-state index in [0.717, 1.165) is 29.9 Å². The van der Waals surface area contributed by atoms with Crippen LogP contribution in [0, 0.1) is 0 Å². The molecule has 0 atom stereocenters. The highest BCUT2D eigenvalue weighted by Crippen LogP contribution is 2.33. The first-order valence-electron chi connectivity index (χ1n) is 9.62. The molecule has 3 rings (SSSR count). The van der Waals surface area contributed by atoms with Crippen molar-refractivity contribution in [1.82, 2.24) is 14.1 Å². The third-order valence-corrected chi connectivity index (χ3v) is 5.55. The predicted octanol–water partition coefficient (Wildman–Crippen LogP) is 1.71. The molecule has 2 heterocycles. The zero-order valence-corrected chi connectivity index (χ0v) is 17.9. The van der Waals surface area contributed by atoms with Crippen molar-refractivity contribution >= 4 is 36.0 Å². The first kappa shape index (κ1) is 21.4. The molecule has 1 aliphatic rings. The van der Waals surface area contributed by atoms with Crippen LogP contribution in [-0.2, 0) is 16.0 Å². The topological polar surface area (TPSA) is 70.9 Å². The molecule has 156 valence electrons. The standard InChI is InChI=1S/C20H27N5O3S/c1-4-23(11-12-28-3)14-19(26)22(2)16-6-5-15-8-10-24(18(15)13-16)20(27)17-7-9-21-25(17)29/h5-7,9,13,29H,4,8,10-12,14H2,1-3H3. The number of fused-ring (bicyclic) bond motifs is 1. The number of methoxy groups -OCH3 is 1. The first-order valence-corrected chi connectivity index (χ1v) is 10.0. The Balaban J connectivity index is 1.76. The average molecular weight is 418 g/mol. The molecule has 0 saturated carbocycles. The minimum absolute atomic E-state index is 0.00721. The maximum Gasteiger partial charge on any atom is 0.277 e. The summed E-state index contributed by atoms with van der Waals surface area (Å²) in [6.45, 7) is 4.99. The molecular weight excluding hydrogens is 390 g/mol. The third-order valence-electron chi connectivity index (χ3n) is 5.23. The summed E-state index contributed by atoms with van der Waals surface area (Å²) < 4.78 is 6.39. The number of hydrogen-bond donors (Lipinski definition) is 1. The summed E-state index contributed by atoms with van der Waals surface area (Å²) in [5, 5.41) is 3.96. The molecule has 2 amide bonds. The van der Waals surface area contributed by atoms with Crippen molar-refractivity contribution in [2.45, 2.75) is 13.3 Å². The third kappa shape index (κ3) is 4.63. The van der Waals surface area contributed by atoms with Gasteiger partial charge in [-0.1, -0.05) is 13.0 Å². The van der Waals surface area contributed by atoms with Crippen molar-refractivity contribution in [3.63, 3.8) is 0 Å². The van der Waals surface area contributed by atoms with Gasteiger partial charge in [0.1, 0.15) is 5.69 Å². The number of thiol groups is 1. The summed E-state index contributed by atoms with van der Waals surface area (Å²) in [6, 6.07) is 7.47. The van der Waals surface area contributed by atoms with Crippen LogP contribution in [0.25, 0.3) is 0 Å². The highest BCUT2D eigenvalue weighted by atomic mass is 32.1. The van der Waals surface area contributed by atoms with Gasteiger partial charge in [0.05, 0.1) is 19.3 Å². The number of anilines is 2. The van der Waals surface area contributed by atoms with Gasteiger partial charge in [-0.05, 0) is 49.5 Å². The number of nitrogens with zero attached hydrogens (tertiary/aromatic N) is 5. The van der Waals surface area contributed by atoms with Crippen LogP contribution < -0.4 is 9.80 Å². The Morgan fingerprint density at radius 3 is 2.76 bits per heavy atom. The second-order valence-corrected chi connectivity index (χ2v) is 7.32. The van der Waals surface area contributed by atoms with Crippen LogP contribution in [0.2, 0.25) is 0 Å². The van der Waals surface area contributed by atoms with E-state index in [1.54, 1.807) is 36.2 Å². The van der Waals surface area contributed by atoms with E-state index in [1.807, 2.05) is 30.0 Å². The van der Waals surface area contributed by atoms with E-state index in [4.69, 9.17) is 4.74 Å². The Kier molecular flexibility index (Phi) is 6.94. The molecule has 0 unspecified atom stereocenters. The molecular formula is C20H27N5O3S. The van der Waals surface area contributed by atoms with Crippen LogP contribution in [0.5, 0.6) is 0 Å². The van der Waals surface area contributed by atoms with Crippen molar-refractivity contribution in [2.75, 3.05) is 56.7 Å². The van der Waals surface area contributed by atoms with Crippen molar-refractivity contribution in [3.8, 4) is 0 Å². The minimum atomic E-state index is -0.154. The van der Waals surface area contributed by atoms with Crippen molar-refractivity contribution in [1.29, 1.82) is 0 Å².